The summed E-state index contributed by atoms with van der Waals surface area (Å²) in [5.41, 5.74) is 0.686. The van der Waals surface area contributed by atoms with Crippen LogP contribution in [-0.4, -0.2) is 15.9 Å². The maximum absolute atomic E-state index is 10.7. The second-order valence-electron chi connectivity index (χ2n) is 3.57. The number of nitro groups is 1. The van der Waals surface area contributed by atoms with Crippen molar-refractivity contribution in [2.75, 3.05) is 5.32 Å². The summed E-state index contributed by atoms with van der Waals surface area (Å²) in [6.45, 7) is 5.73. The third-order valence-electron chi connectivity index (χ3n) is 2.28. The molecule has 1 unspecified atom stereocenters. The maximum Gasteiger partial charge on any atom is 0.277 e. The first kappa shape index (κ1) is 11.4. The number of hydrogen-bond donors (Lipinski definition) is 1. The van der Waals surface area contributed by atoms with Crippen LogP contribution < -0.4 is 5.32 Å². The molecule has 1 heterocycles. The molecule has 0 aliphatic heterocycles. The minimum absolute atomic E-state index is 0.107. The molecule has 1 N–H and O–H groups in total. The van der Waals surface area contributed by atoms with E-state index in [4.69, 9.17) is 0 Å². The summed E-state index contributed by atoms with van der Waals surface area (Å²) in [5.74, 6) is 0.557. The minimum Gasteiger partial charge on any atom is -0.367 e. The number of aromatic nitrogens is 1. The minimum atomic E-state index is -0.390. The van der Waals surface area contributed by atoms with Crippen LogP contribution in [0.4, 0.5) is 11.5 Å². The summed E-state index contributed by atoms with van der Waals surface area (Å²) in [4.78, 5) is 14.4. The van der Waals surface area contributed by atoms with Gasteiger partial charge in [-0.15, -0.1) is 0 Å². The van der Waals surface area contributed by atoms with Crippen LogP contribution in [0.3, 0.4) is 0 Å². The number of nitrogens with one attached hydrogen (secondary N) is 1. The SMILES string of the molecule is CCC(C)Nc1cc([N+](=O)[O-])c(C)cn1. The Kier molecular flexibility index (Phi) is 3.60. The van der Waals surface area contributed by atoms with Crippen molar-refractivity contribution in [1.82, 2.24) is 4.98 Å². The van der Waals surface area contributed by atoms with Crippen LogP contribution in [0.5, 0.6) is 0 Å². The molecule has 0 radical (unpaired) electrons. The smallest absolute Gasteiger partial charge is 0.277 e. The monoisotopic (exact) mass is 209 g/mol. The highest BCUT2D eigenvalue weighted by molar-refractivity contribution is 5.49. The Balaban J connectivity index is 2.92. The lowest BCUT2D eigenvalue weighted by molar-refractivity contribution is -0.385. The van der Waals surface area contributed by atoms with E-state index in [1.54, 1.807) is 6.92 Å². The van der Waals surface area contributed by atoms with Crippen molar-refractivity contribution in [3.05, 3.63) is 27.9 Å². The molecule has 5 nitrogen and oxygen atoms in total. The molecule has 0 spiro atoms. The first-order chi connectivity index (χ1) is 7.04. The summed E-state index contributed by atoms with van der Waals surface area (Å²) in [6, 6.07) is 1.74. The number of anilines is 1. The van der Waals surface area contributed by atoms with E-state index >= 15 is 0 Å². The Hall–Kier alpha value is -1.65. The molecule has 0 aliphatic rings. The average molecular weight is 209 g/mol. The van der Waals surface area contributed by atoms with Gasteiger partial charge in [0.2, 0.25) is 0 Å². The standard InChI is InChI=1S/C10H15N3O2/c1-4-8(3)12-10-5-9(13(14)15)7(2)6-11-10/h5-6,8H,4H2,1-3H3,(H,11,12). The Bertz CT molecular complexity index is 366. The van der Waals surface area contributed by atoms with Gasteiger partial charge in [-0.25, -0.2) is 4.98 Å². The summed E-state index contributed by atoms with van der Waals surface area (Å²) in [7, 11) is 0. The molecule has 1 rings (SSSR count). The zero-order valence-corrected chi connectivity index (χ0v) is 9.15. The van der Waals surface area contributed by atoms with Crippen molar-refractivity contribution < 1.29 is 4.92 Å². The highest BCUT2D eigenvalue weighted by Gasteiger charge is 2.12. The Labute approximate surface area is 88.7 Å². The number of rotatable bonds is 4. The first-order valence-electron chi connectivity index (χ1n) is 4.92. The molecule has 1 aromatic rings. The van der Waals surface area contributed by atoms with E-state index in [2.05, 4.69) is 10.3 Å². The summed E-state index contributed by atoms with van der Waals surface area (Å²) < 4.78 is 0. The van der Waals surface area contributed by atoms with Gasteiger partial charge in [-0.05, 0) is 20.3 Å². The van der Waals surface area contributed by atoms with Crippen molar-refractivity contribution >= 4 is 11.5 Å². The van der Waals surface area contributed by atoms with Crippen LogP contribution in [0.25, 0.3) is 0 Å². The molecule has 0 aliphatic carbocycles. The first-order valence-corrected chi connectivity index (χ1v) is 4.92. The van der Waals surface area contributed by atoms with Gasteiger partial charge in [0.25, 0.3) is 5.69 Å². The quantitative estimate of drug-likeness (QED) is 0.611. The highest BCUT2D eigenvalue weighted by atomic mass is 16.6. The molecule has 0 fully saturated rings. The number of nitrogens with zero attached hydrogens (tertiary/aromatic N) is 2. The fourth-order valence-corrected chi connectivity index (χ4v) is 1.14. The van der Waals surface area contributed by atoms with E-state index in [0.717, 1.165) is 6.42 Å². The van der Waals surface area contributed by atoms with Crippen LogP contribution in [-0.2, 0) is 0 Å². The van der Waals surface area contributed by atoms with Crippen molar-refractivity contribution in [2.24, 2.45) is 0 Å². The van der Waals surface area contributed by atoms with E-state index in [1.165, 1.54) is 12.3 Å². The van der Waals surface area contributed by atoms with Gasteiger partial charge in [0.05, 0.1) is 11.0 Å². The third-order valence-corrected chi connectivity index (χ3v) is 2.28. The van der Waals surface area contributed by atoms with Crippen molar-refractivity contribution in [3.63, 3.8) is 0 Å². The second kappa shape index (κ2) is 4.72. The molecular weight excluding hydrogens is 194 g/mol. The van der Waals surface area contributed by atoms with E-state index < -0.39 is 4.92 Å². The van der Waals surface area contributed by atoms with Gasteiger partial charge in [-0.1, -0.05) is 6.92 Å². The molecule has 15 heavy (non-hydrogen) atoms. The molecule has 0 saturated carbocycles. The maximum atomic E-state index is 10.7. The molecule has 0 aromatic carbocycles. The molecule has 0 saturated heterocycles. The summed E-state index contributed by atoms with van der Waals surface area (Å²) in [5, 5.41) is 13.8. The van der Waals surface area contributed by atoms with E-state index in [9.17, 15) is 10.1 Å². The average Bonchev–Trinajstić information content (AvgIpc) is 2.20. The van der Waals surface area contributed by atoms with Gasteiger partial charge in [0, 0.05) is 17.8 Å². The van der Waals surface area contributed by atoms with E-state index in [-0.39, 0.29) is 11.7 Å². The summed E-state index contributed by atoms with van der Waals surface area (Å²) in [6.07, 6.45) is 2.46. The predicted octanol–water partition coefficient (Wildman–Crippen LogP) is 2.51. The molecule has 0 amide bonds. The third kappa shape index (κ3) is 2.90. The fourth-order valence-electron chi connectivity index (χ4n) is 1.14. The zero-order valence-electron chi connectivity index (χ0n) is 9.15. The van der Waals surface area contributed by atoms with E-state index in [1.807, 2.05) is 13.8 Å². The molecular formula is C10H15N3O2. The Morgan fingerprint density at radius 3 is 2.87 bits per heavy atom. The van der Waals surface area contributed by atoms with Gasteiger partial charge in [-0.2, -0.15) is 0 Å². The Morgan fingerprint density at radius 1 is 1.67 bits per heavy atom. The number of aryl methyl sites for hydroxylation is 1. The topological polar surface area (TPSA) is 68.1 Å². The lowest BCUT2D eigenvalue weighted by atomic mass is 10.2. The molecule has 1 atom stereocenters. The van der Waals surface area contributed by atoms with Gasteiger partial charge >= 0.3 is 0 Å². The fraction of sp³-hybridized carbons (Fsp3) is 0.500. The zero-order chi connectivity index (χ0) is 11.4. The van der Waals surface area contributed by atoms with Crippen LogP contribution >= 0.6 is 0 Å². The molecule has 82 valence electrons. The van der Waals surface area contributed by atoms with Crippen molar-refractivity contribution in [1.29, 1.82) is 0 Å². The van der Waals surface area contributed by atoms with Gasteiger partial charge < -0.3 is 5.32 Å². The second-order valence-corrected chi connectivity index (χ2v) is 3.57. The van der Waals surface area contributed by atoms with Crippen LogP contribution in [0, 0.1) is 17.0 Å². The molecule has 5 heteroatoms. The van der Waals surface area contributed by atoms with Gasteiger partial charge in [0.1, 0.15) is 5.82 Å². The van der Waals surface area contributed by atoms with E-state index in [0.29, 0.717) is 11.4 Å². The highest BCUT2D eigenvalue weighted by Crippen LogP contribution is 2.20. The summed E-state index contributed by atoms with van der Waals surface area (Å²) >= 11 is 0. The van der Waals surface area contributed by atoms with Crippen molar-refractivity contribution in [2.45, 2.75) is 33.2 Å². The predicted molar refractivity (Wildman–Crippen MR) is 59.0 cm³/mol. The molecule has 1 aromatic heterocycles. The van der Waals surface area contributed by atoms with Crippen molar-refractivity contribution in [3.8, 4) is 0 Å². The number of pyridine rings is 1. The lowest BCUT2D eigenvalue weighted by Gasteiger charge is -2.11. The normalized spacial score (nSPS) is 12.2. The van der Waals surface area contributed by atoms with Crippen LogP contribution in [0.2, 0.25) is 0 Å². The van der Waals surface area contributed by atoms with Crippen LogP contribution in [0.1, 0.15) is 25.8 Å². The lowest BCUT2D eigenvalue weighted by Crippen LogP contribution is -2.14. The molecule has 0 bridgehead atoms. The van der Waals surface area contributed by atoms with Gasteiger partial charge in [0.15, 0.2) is 0 Å². The van der Waals surface area contributed by atoms with Gasteiger partial charge in [-0.3, -0.25) is 10.1 Å². The number of hydrogen-bond acceptors (Lipinski definition) is 4. The largest absolute Gasteiger partial charge is 0.367 e. The van der Waals surface area contributed by atoms with Crippen LogP contribution in [0.15, 0.2) is 12.3 Å². The Morgan fingerprint density at radius 2 is 2.33 bits per heavy atom.